The fourth-order valence-electron chi connectivity index (χ4n) is 4.26. The average Bonchev–Trinajstić information content (AvgIpc) is 3.48. The van der Waals surface area contributed by atoms with Crippen LogP contribution in [0.4, 0.5) is 23.7 Å². The van der Waals surface area contributed by atoms with Gasteiger partial charge in [0.1, 0.15) is 0 Å². The van der Waals surface area contributed by atoms with Gasteiger partial charge in [0.25, 0.3) is 0 Å². The predicted molar refractivity (Wildman–Crippen MR) is 105 cm³/mol. The second kappa shape index (κ2) is 5.69. The van der Waals surface area contributed by atoms with Crippen LogP contribution in [0.2, 0.25) is 0 Å². The lowest BCUT2D eigenvalue weighted by atomic mass is 9.83. The summed E-state index contributed by atoms with van der Waals surface area (Å²) in [7, 11) is 0. The van der Waals surface area contributed by atoms with Crippen LogP contribution in [0.1, 0.15) is 24.0 Å². The summed E-state index contributed by atoms with van der Waals surface area (Å²) in [6.07, 6.45) is -1.85. The zero-order chi connectivity index (χ0) is 21.5. The molecule has 156 valence electrons. The normalized spacial score (nSPS) is 21.5. The first-order valence-electron chi connectivity index (χ1n) is 9.71. The molecule has 7 nitrogen and oxygen atoms in total. The highest BCUT2D eigenvalue weighted by atomic mass is 19.4. The first kappa shape index (κ1) is 18.1. The maximum absolute atomic E-state index is 14.4. The molecule has 0 spiro atoms. The van der Waals surface area contributed by atoms with Crippen LogP contribution in [-0.2, 0) is 12.1 Å². The van der Waals surface area contributed by atoms with Crippen molar-refractivity contribution in [3.8, 4) is 23.1 Å². The summed E-state index contributed by atoms with van der Waals surface area (Å²) in [5.41, 5.74) is -0.771. The zero-order valence-electron chi connectivity index (χ0n) is 15.9. The minimum atomic E-state index is -4.85. The summed E-state index contributed by atoms with van der Waals surface area (Å²) in [6.45, 7) is 0.149. The van der Waals surface area contributed by atoms with Crippen molar-refractivity contribution in [2.24, 2.45) is 5.92 Å². The number of hydrogen-bond donors (Lipinski definition) is 3. The molecule has 1 saturated carbocycles. The van der Waals surface area contributed by atoms with E-state index in [1.165, 1.54) is 22.9 Å². The van der Waals surface area contributed by atoms with E-state index in [4.69, 9.17) is 0 Å². The Bertz CT molecular complexity index is 1420. The van der Waals surface area contributed by atoms with Crippen molar-refractivity contribution in [2.45, 2.75) is 31.1 Å². The van der Waals surface area contributed by atoms with Crippen LogP contribution in [0.3, 0.4) is 0 Å². The number of carbonyl (C=O) groups is 1. The van der Waals surface area contributed by atoms with E-state index in [0.29, 0.717) is 27.9 Å². The van der Waals surface area contributed by atoms with E-state index in [-0.39, 0.29) is 29.4 Å². The van der Waals surface area contributed by atoms with Crippen LogP contribution >= 0.6 is 0 Å². The third-order valence-electron chi connectivity index (χ3n) is 5.93. The van der Waals surface area contributed by atoms with Crippen molar-refractivity contribution >= 4 is 22.8 Å². The van der Waals surface area contributed by atoms with Crippen LogP contribution in [0.25, 0.3) is 22.3 Å². The van der Waals surface area contributed by atoms with Gasteiger partial charge in [-0.2, -0.15) is 13.2 Å². The van der Waals surface area contributed by atoms with Gasteiger partial charge in [-0.25, -0.2) is 9.59 Å². The van der Waals surface area contributed by atoms with E-state index in [0.717, 1.165) is 12.8 Å². The minimum absolute atomic E-state index is 0.0177. The molecule has 10 heteroatoms. The summed E-state index contributed by atoms with van der Waals surface area (Å²) in [5, 5.41) is 4.50. The number of nitrogens with one attached hydrogen (secondary N) is 3. The highest BCUT2D eigenvalue weighted by Crippen LogP contribution is 2.47. The minimum Gasteiger partial charge on any atom is -0.310 e. The van der Waals surface area contributed by atoms with Crippen LogP contribution in [-0.4, -0.2) is 26.7 Å². The Morgan fingerprint density at radius 1 is 1.23 bits per heavy atom. The fraction of sp³-hybridized carbons (Fsp3) is 0.286. The quantitative estimate of drug-likeness (QED) is 0.378. The number of urea groups is 1. The molecule has 1 fully saturated rings. The van der Waals surface area contributed by atoms with Gasteiger partial charge in [-0.05, 0) is 36.6 Å². The monoisotopic (exact) mass is 425 g/mol. The van der Waals surface area contributed by atoms with Crippen LogP contribution in [0.15, 0.2) is 29.2 Å². The lowest BCUT2D eigenvalue weighted by Crippen LogP contribution is -2.59. The zero-order valence-corrected chi connectivity index (χ0v) is 15.9. The van der Waals surface area contributed by atoms with E-state index in [1.807, 2.05) is 5.32 Å². The number of carbonyl (C=O) groups excluding carboxylic acids is 1. The van der Waals surface area contributed by atoms with Crippen LogP contribution in [0, 0.1) is 17.8 Å². The first-order chi connectivity index (χ1) is 14.8. The largest absolute Gasteiger partial charge is 0.427 e. The fourth-order valence-corrected chi connectivity index (χ4v) is 4.26. The number of benzene rings is 1. The Hall–Kier alpha value is -3.74. The Labute approximate surface area is 172 Å². The predicted octanol–water partition coefficient (Wildman–Crippen LogP) is 3.06. The number of fused-ring (bicyclic) bond motifs is 3. The Balaban J connectivity index is 1.65. The van der Waals surface area contributed by atoms with Crippen molar-refractivity contribution in [2.75, 3.05) is 5.32 Å². The van der Waals surface area contributed by atoms with Gasteiger partial charge in [0, 0.05) is 28.9 Å². The first-order valence-corrected chi connectivity index (χ1v) is 9.71. The second-order valence-corrected chi connectivity index (χ2v) is 8.00. The molecular weight excluding hydrogens is 411 g/mol. The molecule has 0 unspecified atom stereocenters. The smallest absolute Gasteiger partial charge is 0.310 e. The standard InChI is InChI=1S/C21H14F3N5O2/c22-21(23,24)20(5-3-10-1-2-10)13-8-12-11(7-15(13)26-18(30)28-20)9-29-17-14(27-19(29)31)4-6-25-16(12)17/h4,6-8,10H,1-2,9H2,(H,27,31)(H2,26,28,30)/t20-/m0/s1. The number of H-pyrrole nitrogens is 1. The number of aromatic amines is 1. The number of amides is 2. The molecule has 4 heterocycles. The van der Waals surface area contributed by atoms with Gasteiger partial charge in [0.2, 0.25) is 5.54 Å². The third-order valence-corrected chi connectivity index (χ3v) is 5.93. The topological polar surface area (TPSA) is 91.8 Å². The molecule has 1 atom stereocenters. The molecule has 2 aromatic heterocycles. The maximum Gasteiger partial charge on any atom is 0.427 e. The molecule has 0 saturated heterocycles. The van der Waals surface area contributed by atoms with Gasteiger partial charge in [-0.3, -0.25) is 9.55 Å². The molecule has 3 aromatic rings. The summed E-state index contributed by atoms with van der Waals surface area (Å²) in [5.74, 6) is 4.94. The van der Waals surface area contributed by atoms with Gasteiger partial charge in [0.05, 0.1) is 23.3 Å². The number of nitrogens with zero attached hydrogens (tertiary/aromatic N) is 2. The number of imidazole rings is 1. The number of hydrogen-bond acceptors (Lipinski definition) is 3. The molecule has 0 radical (unpaired) electrons. The third kappa shape index (κ3) is 2.46. The number of rotatable bonds is 0. The van der Waals surface area contributed by atoms with Crippen LogP contribution < -0.4 is 16.3 Å². The lowest BCUT2D eigenvalue weighted by Gasteiger charge is -2.38. The molecule has 6 rings (SSSR count). The van der Waals surface area contributed by atoms with Gasteiger partial charge >= 0.3 is 17.9 Å². The molecule has 2 aliphatic heterocycles. The van der Waals surface area contributed by atoms with Crippen molar-refractivity contribution in [3.63, 3.8) is 0 Å². The van der Waals surface area contributed by atoms with E-state index >= 15 is 0 Å². The molecule has 3 N–H and O–H groups in total. The van der Waals surface area contributed by atoms with E-state index in [9.17, 15) is 22.8 Å². The number of halogens is 3. The summed E-state index contributed by atoms with van der Waals surface area (Å²) >= 11 is 0. The summed E-state index contributed by atoms with van der Waals surface area (Å²) in [4.78, 5) is 31.6. The molecule has 31 heavy (non-hydrogen) atoms. The number of alkyl halides is 3. The molecular formula is C21H14F3N5O2. The van der Waals surface area contributed by atoms with E-state index in [1.54, 1.807) is 6.07 Å². The van der Waals surface area contributed by atoms with Crippen molar-refractivity contribution in [1.29, 1.82) is 0 Å². The Morgan fingerprint density at radius 2 is 2.03 bits per heavy atom. The van der Waals surface area contributed by atoms with E-state index in [2.05, 4.69) is 27.1 Å². The van der Waals surface area contributed by atoms with Gasteiger partial charge in [0.15, 0.2) is 0 Å². The molecule has 1 aromatic carbocycles. The van der Waals surface area contributed by atoms with Crippen molar-refractivity contribution in [3.05, 3.63) is 46.0 Å². The number of aromatic nitrogens is 3. The highest BCUT2D eigenvalue weighted by molar-refractivity contribution is 5.98. The number of pyridine rings is 1. The van der Waals surface area contributed by atoms with Crippen molar-refractivity contribution in [1.82, 2.24) is 19.9 Å². The second-order valence-electron chi connectivity index (χ2n) is 8.00. The summed E-state index contributed by atoms with van der Waals surface area (Å²) in [6, 6.07) is 3.52. The van der Waals surface area contributed by atoms with Crippen LogP contribution in [0.5, 0.6) is 0 Å². The SMILES string of the molecule is O=C1Nc2cc3c(cc2[C@@](C#CC2CC2)(C(F)(F)F)N1)-c1nccc2[nH]c(=O)n(c12)C3. The Kier molecular flexibility index (Phi) is 3.32. The maximum atomic E-state index is 14.4. The van der Waals surface area contributed by atoms with Gasteiger partial charge in [-0.15, -0.1) is 0 Å². The molecule has 1 aliphatic carbocycles. The molecule has 2 amide bonds. The van der Waals surface area contributed by atoms with Gasteiger partial charge in [-0.1, -0.05) is 11.8 Å². The Morgan fingerprint density at radius 3 is 2.77 bits per heavy atom. The number of anilines is 1. The van der Waals surface area contributed by atoms with E-state index < -0.39 is 17.7 Å². The van der Waals surface area contributed by atoms with Crippen molar-refractivity contribution < 1.29 is 18.0 Å². The van der Waals surface area contributed by atoms with Gasteiger partial charge < -0.3 is 15.6 Å². The summed E-state index contributed by atoms with van der Waals surface area (Å²) < 4.78 is 44.7. The molecule has 0 bridgehead atoms. The highest BCUT2D eigenvalue weighted by Gasteiger charge is 2.59. The molecule has 3 aliphatic rings. The average molecular weight is 425 g/mol. The lowest BCUT2D eigenvalue weighted by molar-refractivity contribution is -0.178.